The molecule has 0 unspecified atom stereocenters. The molecular weight excluding hydrogens is 412 g/mol. The number of benzene rings is 2. The Bertz CT molecular complexity index is 1070. The summed E-state index contributed by atoms with van der Waals surface area (Å²) < 4.78 is 12.4. The van der Waals surface area contributed by atoms with Gasteiger partial charge >= 0.3 is 11.6 Å². The minimum Gasteiger partial charge on any atom is -0.488 e. The summed E-state index contributed by atoms with van der Waals surface area (Å²) in [6.07, 6.45) is 0.0437. The first-order chi connectivity index (χ1) is 12.9. The minimum absolute atomic E-state index is 0.108. The fraction of sp³-hybridized carbons (Fsp3) is 0.238. The van der Waals surface area contributed by atoms with Crippen molar-refractivity contribution in [2.24, 2.45) is 0 Å². The Hall–Kier alpha value is -2.60. The van der Waals surface area contributed by atoms with Gasteiger partial charge in [0.05, 0.1) is 0 Å². The highest BCUT2D eigenvalue weighted by molar-refractivity contribution is 9.10. The average molecular weight is 431 g/mol. The molecule has 3 rings (SSSR count). The third kappa shape index (κ3) is 4.06. The molecule has 1 N–H and O–H groups in total. The van der Waals surface area contributed by atoms with E-state index in [0.29, 0.717) is 23.5 Å². The zero-order valence-electron chi connectivity index (χ0n) is 15.0. The molecule has 1 aromatic heterocycles. The van der Waals surface area contributed by atoms with Gasteiger partial charge in [-0.2, -0.15) is 0 Å². The smallest absolute Gasteiger partial charge is 0.339 e. The van der Waals surface area contributed by atoms with E-state index >= 15 is 0 Å². The third-order valence-corrected chi connectivity index (χ3v) is 5.36. The molecule has 6 heteroatoms. The number of aliphatic carboxylic acids is 1. The Balaban J connectivity index is 1.95. The van der Waals surface area contributed by atoms with E-state index in [-0.39, 0.29) is 12.8 Å². The van der Waals surface area contributed by atoms with E-state index in [1.165, 1.54) is 0 Å². The maximum absolute atomic E-state index is 12.3. The predicted octanol–water partition coefficient (Wildman–Crippen LogP) is 4.77. The highest BCUT2D eigenvalue weighted by atomic mass is 79.9. The van der Waals surface area contributed by atoms with Crippen LogP contribution in [0.5, 0.6) is 5.75 Å². The lowest BCUT2D eigenvalue weighted by Crippen LogP contribution is -2.12. The van der Waals surface area contributed by atoms with Gasteiger partial charge in [-0.25, -0.2) is 4.79 Å². The van der Waals surface area contributed by atoms with E-state index in [2.05, 4.69) is 15.9 Å². The van der Waals surface area contributed by atoms with Gasteiger partial charge in [0, 0.05) is 33.0 Å². The van der Waals surface area contributed by atoms with E-state index < -0.39 is 11.6 Å². The van der Waals surface area contributed by atoms with Crippen LogP contribution in [0.3, 0.4) is 0 Å². The number of hydrogen-bond acceptors (Lipinski definition) is 4. The molecule has 0 saturated heterocycles. The average Bonchev–Trinajstić information content (AvgIpc) is 2.62. The Labute approximate surface area is 164 Å². The number of carboxylic acids is 1. The topological polar surface area (TPSA) is 76.7 Å². The molecule has 0 bridgehead atoms. The summed E-state index contributed by atoms with van der Waals surface area (Å²) in [5.74, 6) is -0.306. The molecule has 1 heterocycles. The van der Waals surface area contributed by atoms with Gasteiger partial charge in [-0.15, -0.1) is 0 Å². The Morgan fingerprint density at radius 1 is 1.15 bits per heavy atom. The molecule has 0 aliphatic rings. The SMILES string of the molecule is Cc1c(CCC(=O)O)c(=O)oc2c(C)c(OCc3ccccc3Br)ccc12. The highest BCUT2D eigenvalue weighted by Crippen LogP contribution is 2.30. The molecular formula is C21H19BrO5. The second-order valence-electron chi connectivity index (χ2n) is 6.33. The van der Waals surface area contributed by atoms with Gasteiger partial charge in [-0.1, -0.05) is 34.1 Å². The number of fused-ring (bicyclic) bond motifs is 1. The van der Waals surface area contributed by atoms with Crippen LogP contribution < -0.4 is 10.4 Å². The van der Waals surface area contributed by atoms with Crippen molar-refractivity contribution in [2.45, 2.75) is 33.3 Å². The molecule has 0 atom stereocenters. The minimum atomic E-state index is -0.944. The summed E-state index contributed by atoms with van der Waals surface area (Å²) in [5, 5.41) is 9.66. The van der Waals surface area contributed by atoms with Crippen molar-refractivity contribution in [3.8, 4) is 5.75 Å². The van der Waals surface area contributed by atoms with Gasteiger partial charge in [0.2, 0.25) is 0 Å². The number of carbonyl (C=O) groups is 1. The van der Waals surface area contributed by atoms with Crippen LogP contribution in [-0.2, 0) is 17.8 Å². The van der Waals surface area contributed by atoms with E-state index in [1.807, 2.05) is 50.2 Å². The second-order valence-corrected chi connectivity index (χ2v) is 7.19. The lowest BCUT2D eigenvalue weighted by atomic mass is 10.0. The number of ether oxygens (including phenoxy) is 1. The first-order valence-electron chi connectivity index (χ1n) is 8.52. The van der Waals surface area contributed by atoms with Crippen LogP contribution in [0.25, 0.3) is 11.0 Å². The van der Waals surface area contributed by atoms with Crippen molar-refractivity contribution in [2.75, 3.05) is 0 Å². The zero-order chi connectivity index (χ0) is 19.6. The van der Waals surface area contributed by atoms with Gasteiger partial charge < -0.3 is 14.3 Å². The number of carboxylic acid groups (broad SMARTS) is 1. The number of rotatable bonds is 6. The van der Waals surface area contributed by atoms with Gasteiger partial charge in [0.15, 0.2) is 0 Å². The molecule has 0 saturated carbocycles. The molecule has 0 radical (unpaired) electrons. The van der Waals surface area contributed by atoms with Crippen LogP contribution in [0.1, 0.15) is 28.7 Å². The van der Waals surface area contributed by atoms with Crippen LogP contribution in [0, 0.1) is 13.8 Å². The third-order valence-electron chi connectivity index (χ3n) is 4.58. The Kier molecular flexibility index (Phi) is 5.65. The summed E-state index contributed by atoms with van der Waals surface area (Å²) in [7, 11) is 0. The molecule has 3 aromatic rings. The molecule has 27 heavy (non-hydrogen) atoms. The summed E-state index contributed by atoms with van der Waals surface area (Å²) >= 11 is 3.50. The maximum Gasteiger partial charge on any atom is 0.339 e. The van der Waals surface area contributed by atoms with Crippen molar-refractivity contribution in [3.63, 3.8) is 0 Å². The monoisotopic (exact) mass is 430 g/mol. The zero-order valence-corrected chi connectivity index (χ0v) is 16.6. The molecule has 5 nitrogen and oxygen atoms in total. The van der Waals surface area contributed by atoms with E-state index in [1.54, 1.807) is 0 Å². The van der Waals surface area contributed by atoms with Crippen molar-refractivity contribution in [1.29, 1.82) is 0 Å². The molecule has 0 aliphatic carbocycles. The lowest BCUT2D eigenvalue weighted by Gasteiger charge is -2.13. The molecule has 0 amide bonds. The van der Waals surface area contributed by atoms with Crippen LogP contribution in [-0.4, -0.2) is 11.1 Å². The number of hydrogen-bond donors (Lipinski definition) is 1. The molecule has 0 fully saturated rings. The van der Waals surface area contributed by atoms with Crippen LogP contribution in [0.2, 0.25) is 0 Å². The fourth-order valence-corrected chi connectivity index (χ4v) is 3.42. The predicted molar refractivity (Wildman–Crippen MR) is 106 cm³/mol. The van der Waals surface area contributed by atoms with Crippen LogP contribution in [0.15, 0.2) is 50.1 Å². The Morgan fingerprint density at radius 2 is 1.89 bits per heavy atom. The second kappa shape index (κ2) is 7.96. The van der Waals surface area contributed by atoms with E-state index in [9.17, 15) is 9.59 Å². The van der Waals surface area contributed by atoms with Gasteiger partial charge in [0.1, 0.15) is 17.9 Å². The number of halogens is 1. The first-order valence-corrected chi connectivity index (χ1v) is 9.31. The van der Waals surface area contributed by atoms with Crippen molar-refractivity contribution < 1.29 is 19.1 Å². The lowest BCUT2D eigenvalue weighted by molar-refractivity contribution is -0.136. The molecule has 140 valence electrons. The summed E-state index contributed by atoms with van der Waals surface area (Å²) in [6.45, 7) is 4.04. The summed E-state index contributed by atoms with van der Waals surface area (Å²) in [6, 6.07) is 11.5. The van der Waals surface area contributed by atoms with E-state index in [4.69, 9.17) is 14.3 Å². The van der Waals surface area contributed by atoms with Crippen molar-refractivity contribution in [3.05, 3.63) is 73.5 Å². The largest absolute Gasteiger partial charge is 0.488 e. The normalized spacial score (nSPS) is 10.9. The highest BCUT2D eigenvalue weighted by Gasteiger charge is 2.16. The fourth-order valence-electron chi connectivity index (χ4n) is 3.02. The summed E-state index contributed by atoms with van der Waals surface area (Å²) in [5.41, 5.74) is 2.89. The van der Waals surface area contributed by atoms with Gasteiger partial charge in [-0.05, 0) is 44.0 Å². The standard InChI is InChI=1S/C21H19BrO5/c1-12-15-7-9-18(26-11-14-5-3-4-6-17(14)22)13(2)20(15)27-21(25)16(12)8-10-19(23)24/h3-7,9H,8,10-11H2,1-2H3,(H,23,24). The van der Waals surface area contributed by atoms with Gasteiger partial charge in [0.25, 0.3) is 0 Å². The molecule has 0 aliphatic heterocycles. The van der Waals surface area contributed by atoms with Crippen molar-refractivity contribution in [1.82, 2.24) is 0 Å². The summed E-state index contributed by atoms with van der Waals surface area (Å²) in [4.78, 5) is 23.2. The molecule has 2 aromatic carbocycles. The van der Waals surface area contributed by atoms with Crippen LogP contribution in [0.4, 0.5) is 0 Å². The quantitative estimate of drug-likeness (QED) is 0.569. The van der Waals surface area contributed by atoms with Crippen molar-refractivity contribution >= 4 is 32.9 Å². The van der Waals surface area contributed by atoms with Crippen LogP contribution >= 0.6 is 15.9 Å². The Morgan fingerprint density at radius 3 is 2.59 bits per heavy atom. The maximum atomic E-state index is 12.3. The first kappa shape index (κ1) is 19.2. The molecule has 0 spiro atoms. The van der Waals surface area contributed by atoms with E-state index in [0.717, 1.165) is 26.5 Å². The number of aryl methyl sites for hydroxylation is 2. The van der Waals surface area contributed by atoms with Gasteiger partial charge in [-0.3, -0.25) is 4.79 Å².